The van der Waals surface area contributed by atoms with Crippen LogP contribution in [0.4, 0.5) is 10.8 Å². The van der Waals surface area contributed by atoms with Crippen LogP contribution in [0, 0.1) is 0 Å². The number of thioether (sulfide) groups is 1. The molecule has 0 aliphatic carbocycles. The van der Waals surface area contributed by atoms with Gasteiger partial charge in [0.25, 0.3) is 0 Å². The van der Waals surface area contributed by atoms with Gasteiger partial charge in [-0.15, -0.1) is 11.8 Å². The number of carbonyl (C=O) groups excluding carboxylic acids is 2. The highest BCUT2D eigenvalue weighted by Crippen LogP contribution is 2.35. The number of benzene rings is 2. The molecule has 0 saturated carbocycles. The van der Waals surface area contributed by atoms with Gasteiger partial charge in [-0.3, -0.25) is 9.59 Å². The number of halogens is 1. The molecule has 0 fully saturated rings. The highest BCUT2D eigenvalue weighted by Gasteiger charge is 2.24. The highest BCUT2D eigenvalue weighted by atomic mass is 35.5. The van der Waals surface area contributed by atoms with E-state index in [9.17, 15) is 9.59 Å². The average molecular weight is 404 g/mol. The van der Waals surface area contributed by atoms with Crippen molar-refractivity contribution in [2.45, 2.75) is 11.3 Å². The van der Waals surface area contributed by atoms with Crippen LogP contribution < -0.4 is 10.2 Å². The molecule has 2 amide bonds. The fourth-order valence-corrected chi connectivity index (χ4v) is 4.84. The Morgan fingerprint density at radius 1 is 1.27 bits per heavy atom. The lowest BCUT2D eigenvalue weighted by Gasteiger charge is -2.28. The molecule has 1 aromatic heterocycles. The van der Waals surface area contributed by atoms with Gasteiger partial charge >= 0.3 is 0 Å². The van der Waals surface area contributed by atoms with Crippen LogP contribution >= 0.6 is 34.7 Å². The number of hydrogen-bond donors (Lipinski definition) is 1. The topological polar surface area (TPSA) is 62.3 Å². The highest BCUT2D eigenvalue weighted by molar-refractivity contribution is 8.00. The lowest BCUT2D eigenvalue weighted by atomic mass is 10.2. The molecule has 2 aromatic carbocycles. The summed E-state index contributed by atoms with van der Waals surface area (Å²) in [6.45, 7) is 0.346. The van der Waals surface area contributed by atoms with Crippen LogP contribution in [0.1, 0.15) is 6.42 Å². The SMILES string of the molecule is O=C(CCN1C(=O)CSc2ccccc21)Nc1nc2ccc(Cl)cc2s1. The predicted octanol–water partition coefficient (Wildman–Crippen LogP) is 4.42. The van der Waals surface area contributed by atoms with Crippen molar-refractivity contribution >= 4 is 67.5 Å². The van der Waals surface area contributed by atoms with E-state index in [0.29, 0.717) is 22.5 Å². The van der Waals surface area contributed by atoms with Gasteiger partial charge in [0.2, 0.25) is 11.8 Å². The third-order valence-electron chi connectivity index (χ3n) is 3.97. The number of hydrogen-bond acceptors (Lipinski definition) is 5. The summed E-state index contributed by atoms with van der Waals surface area (Å²) in [5.41, 5.74) is 1.67. The van der Waals surface area contributed by atoms with Crippen molar-refractivity contribution in [1.82, 2.24) is 4.98 Å². The van der Waals surface area contributed by atoms with Crippen molar-refractivity contribution in [3.63, 3.8) is 0 Å². The molecule has 132 valence electrons. The third-order valence-corrected chi connectivity index (χ3v) is 6.18. The Morgan fingerprint density at radius 3 is 3.00 bits per heavy atom. The zero-order valence-electron chi connectivity index (χ0n) is 13.6. The van der Waals surface area contributed by atoms with Crippen LogP contribution in [0.25, 0.3) is 10.2 Å². The van der Waals surface area contributed by atoms with Gasteiger partial charge < -0.3 is 10.2 Å². The maximum absolute atomic E-state index is 12.3. The van der Waals surface area contributed by atoms with Gasteiger partial charge in [-0.05, 0) is 30.3 Å². The Bertz CT molecular complexity index is 1010. The second-order valence-electron chi connectivity index (χ2n) is 5.73. The van der Waals surface area contributed by atoms with Crippen LogP contribution in [0.5, 0.6) is 0 Å². The fourth-order valence-electron chi connectivity index (χ4n) is 2.75. The number of nitrogens with one attached hydrogen (secondary N) is 1. The molecule has 0 radical (unpaired) electrons. The number of rotatable bonds is 4. The Labute approximate surface area is 163 Å². The minimum Gasteiger partial charge on any atom is -0.310 e. The van der Waals surface area contributed by atoms with Crippen LogP contribution in [0.2, 0.25) is 5.02 Å². The third kappa shape index (κ3) is 3.56. The second kappa shape index (κ2) is 7.26. The standard InChI is InChI=1S/C18H14ClN3O2S2/c19-11-5-6-12-15(9-11)26-18(20-12)21-16(23)7-8-22-13-3-1-2-4-14(13)25-10-17(22)24/h1-6,9H,7-8,10H2,(H,20,21,23). The minimum atomic E-state index is -0.168. The molecule has 0 spiro atoms. The monoisotopic (exact) mass is 403 g/mol. The Kier molecular flexibility index (Phi) is 4.84. The molecule has 0 atom stereocenters. The molecule has 1 aliphatic rings. The van der Waals surface area contributed by atoms with E-state index >= 15 is 0 Å². The van der Waals surface area contributed by atoms with Crippen molar-refractivity contribution in [2.75, 3.05) is 22.5 Å². The molecule has 2 heterocycles. The van der Waals surface area contributed by atoms with Gasteiger partial charge in [0, 0.05) is 22.9 Å². The van der Waals surface area contributed by atoms with E-state index in [0.717, 1.165) is 20.8 Å². The van der Waals surface area contributed by atoms with Crippen molar-refractivity contribution < 1.29 is 9.59 Å². The summed E-state index contributed by atoms with van der Waals surface area (Å²) in [5.74, 6) is 0.256. The smallest absolute Gasteiger partial charge is 0.237 e. The summed E-state index contributed by atoms with van der Waals surface area (Å²) in [6.07, 6.45) is 0.210. The molecule has 5 nitrogen and oxygen atoms in total. The van der Waals surface area contributed by atoms with Crippen molar-refractivity contribution in [3.05, 3.63) is 47.5 Å². The maximum Gasteiger partial charge on any atom is 0.237 e. The van der Waals surface area contributed by atoms with E-state index in [-0.39, 0.29) is 18.2 Å². The van der Waals surface area contributed by atoms with Gasteiger partial charge in [-0.25, -0.2) is 4.98 Å². The van der Waals surface area contributed by atoms with E-state index in [2.05, 4.69) is 10.3 Å². The first-order valence-corrected chi connectivity index (χ1v) is 10.2. The average Bonchev–Trinajstić information content (AvgIpc) is 3.02. The number of amides is 2. The van der Waals surface area contributed by atoms with E-state index < -0.39 is 0 Å². The van der Waals surface area contributed by atoms with E-state index in [1.54, 1.807) is 11.0 Å². The minimum absolute atomic E-state index is 0.0242. The zero-order valence-corrected chi connectivity index (χ0v) is 16.0. The summed E-state index contributed by atoms with van der Waals surface area (Å²) >= 11 is 8.89. The van der Waals surface area contributed by atoms with E-state index in [1.807, 2.05) is 36.4 Å². The Balaban J connectivity index is 1.43. The molecule has 1 N–H and O–H groups in total. The van der Waals surface area contributed by atoms with Crippen LogP contribution in [0.3, 0.4) is 0 Å². The second-order valence-corrected chi connectivity index (χ2v) is 8.22. The summed E-state index contributed by atoms with van der Waals surface area (Å²) in [7, 11) is 0. The predicted molar refractivity (Wildman–Crippen MR) is 107 cm³/mol. The lowest BCUT2D eigenvalue weighted by molar-refractivity contribution is -0.117. The fraction of sp³-hybridized carbons (Fsp3) is 0.167. The molecule has 26 heavy (non-hydrogen) atoms. The molecule has 0 unspecified atom stereocenters. The van der Waals surface area contributed by atoms with Gasteiger partial charge in [0.15, 0.2) is 5.13 Å². The summed E-state index contributed by atoms with van der Waals surface area (Å²) < 4.78 is 0.921. The van der Waals surface area contributed by atoms with Crippen LogP contribution in [0.15, 0.2) is 47.4 Å². The Hall–Kier alpha value is -2.09. The van der Waals surface area contributed by atoms with Gasteiger partial charge in [-0.1, -0.05) is 35.1 Å². The summed E-state index contributed by atoms with van der Waals surface area (Å²) in [5, 5.41) is 3.98. The van der Waals surface area contributed by atoms with Crippen molar-refractivity contribution in [2.24, 2.45) is 0 Å². The number of para-hydroxylation sites is 1. The van der Waals surface area contributed by atoms with E-state index in [1.165, 1.54) is 23.1 Å². The first kappa shape index (κ1) is 17.3. The molecule has 3 aromatic rings. The lowest BCUT2D eigenvalue weighted by Crippen LogP contribution is -2.37. The molecule has 4 rings (SSSR count). The summed E-state index contributed by atoms with van der Waals surface area (Å²) in [6, 6.07) is 13.2. The maximum atomic E-state index is 12.3. The first-order valence-electron chi connectivity index (χ1n) is 7.98. The van der Waals surface area contributed by atoms with Crippen LogP contribution in [-0.2, 0) is 9.59 Å². The largest absolute Gasteiger partial charge is 0.310 e. The number of fused-ring (bicyclic) bond motifs is 2. The Morgan fingerprint density at radius 2 is 2.12 bits per heavy atom. The number of anilines is 2. The normalized spacial score (nSPS) is 13.7. The molecule has 8 heteroatoms. The molecule has 1 aliphatic heterocycles. The molecular formula is C18H14ClN3O2S2. The first-order chi connectivity index (χ1) is 12.6. The quantitative estimate of drug-likeness (QED) is 0.700. The van der Waals surface area contributed by atoms with Gasteiger partial charge in [-0.2, -0.15) is 0 Å². The van der Waals surface area contributed by atoms with Gasteiger partial charge in [0.05, 0.1) is 21.7 Å². The molecule has 0 bridgehead atoms. The number of nitrogens with zero attached hydrogens (tertiary/aromatic N) is 2. The zero-order chi connectivity index (χ0) is 18.1. The van der Waals surface area contributed by atoms with Crippen molar-refractivity contribution in [3.8, 4) is 0 Å². The molecule has 0 saturated heterocycles. The molecular weight excluding hydrogens is 390 g/mol. The number of thiazole rings is 1. The van der Waals surface area contributed by atoms with Gasteiger partial charge in [0.1, 0.15) is 0 Å². The number of carbonyl (C=O) groups is 2. The summed E-state index contributed by atoms with van der Waals surface area (Å²) in [4.78, 5) is 31.7. The number of aromatic nitrogens is 1. The van der Waals surface area contributed by atoms with E-state index in [4.69, 9.17) is 11.6 Å². The van der Waals surface area contributed by atoms with Crippen LogP contribution in [-0.4, -0.2) is 29.1 Å². The van der Waals surface area contributed by atoms with Crippen molar-refractivity contribution in [1.29, 1.82) is 0 Å².